The molecule has 34 heavy (non-hydrogen) atoms. The molecule has 0 amide bonds. The van der Waals surface area contributed by atoms with Crippen LogP contribution in [0.2, 0.25) is 0 Å². The number of alkyl halides is 3. The predicted molar refractivity (Wildman–Crippen MR) is 119 cm³/mol. The van der Waals surface area contributed by atoms with Gasteiger partial charge in [0, 0.05) is 31.5 Å². The summed E-state index contributed by atoms with van der Waals surface area (Å²) in [5.74, 6) is 5.90. The molecule has 0 bridgehead atoms. The monoisotopic (exact) mass is 493 g/mol. The lowest BCUT2D eigenvalue weighted by Crippen LogP contribution is -2.54. The van der Waals surface area contributed by atoms with E-state index in [2.05, 4.69) is 16.8 Å². The number of nitrogens with two attached hydrogens (primary N) is 1. The summed E-state index contributed by atoms with van der Waals surface area (Å²) in [6.07, 6.45) is -4.99. The molecule has 3 N–H and O–H groups in total. The Morgan fingerprint density at radius 1 is 1.21 bits per heavy atom. The minimum atomic E-state index is -5.03. The maximum Gasteiger partial charge on any atom is 0.422 e. The lowest BCUT2D eigenvalue weighted by atomic mass is 9.90. The lowest BCUT2D eigenvalue weighted by molar-refractivity contribution is -0.264. The molecule has 1 aliphatic rings. The van der Waals surface area contributed by atoms with E-state index < -0.39 is 39.8 Å². The van der Waals surface area contributed by atoms with Crippen LogP contribution in [-0.2, 0) is 15.6 Å². The van der Waals surface area contributed by atoms with Gasteiger partial charge in [0.2, 0.25) is 10.0 Å². The third kappa shape index (κ3) is 4.80. The summed E-state index contributed by atoms with van der Waals surface area (Å²) in [4.78, 5) is 5.60. The number of anilines is 2. The summed E-state index contributed by atoms with van der Waals surface area (Å²) in [5.41, 5.74) is 2.29. The number of nitrogens with zero attached hydrogens (tertiary/aromatic N) is 4. The highest BCUT2D eigenvalue weighted by atomic mass is 32.2. The van der Waals surface area contributed by atoms with E-state index >= 15 is 0 Å². The van der Waals surface area contributed by atoms with Crippen LogP contribution in [0.5, 0.6) is 0 Å². The summed E-state index contributed by atoms with van der Waals surface area (Å²) in [5, 5.41) is 18.9. The predicted octanol–water partition coefficient (Wildman–Crippen LogP) is 2.23. The molecular weight excluding hydrogens is 471 g/mol. The van der Waals surface area contributed by atoms with Crippen LogP contribution in [0.25, 0.3) is 0 Å². The molecule has 0 spiro atoms. The van der Waals surface area contributed by atoms with E-state index in [0.29, 0.717) is 5.69 Å². The summed E-state index contributed by atoms with van der Waals surface area (Å²) >= 11 is 0. The number of hydrogen-bond donors (Lipinski definition) is 2. The summed E-state index contributed by atoms with van der Waals surface area (Å²) in [6, 6.07) is 8.57. The summed E-state index contributed by atoms with van der Waals surface area (Å²) < 4.78 is 67.5. The van der Waals surface area contributed by atoms with Gasteiger partial charge in [-0.05, 0) is 36.8 Å². The third-order valence-electron chi connectivity index (χ3n) is 5.53. The number of aliphatic hydroxyl groups is 1. The van der Waals surface area contributed by atoms with Crippen LogP contribution >= 0.6 is 0 Å². The van der Waals surface area contributed by atoms with Crippen molar-refractivity contribution in [2.75, 3.05) is 30.3 Å². The number of hydrogen-bond acceptors (Lipinski definition) is 7. The van der Waals surface area contributed by atoms with E-state index in [1.807, 2.05) is 0 Å². The first-order valence-electron chi connectivity index (χ1n) is 10.1. The molecular formula is C22H22F3N5O3S. The van der Waals surface area contributed by atoms with Gasteiger partial charge in [0.1, 0.15) is 16.8 Å². The van der Waals surface area contributed by atoms with Gasteiger partial charge in [0.25, 0.3) is 0 Å². The van der Waals surface area contributed by atoms with Crippen LogP contribution in [0.1, 0.15) is 18.9 Å². The van der Waals surface area contributed by atoms with Crippen LogP contribution in [0.15, 0.2) is 47.5 Å². The minimum Gasteiger partial charge on any atom is -0.384 e. The van der Waals surface area contributed by atoms with E-state index in [9.17, 15) is 26.7 Å². The Balaban J connectivity index is 1.87. The zero-order valence-corrected chi connectivity index (χ0v) is 18.9. The van der Waals surface area contributed by atoms with E-state index in [1.54, 1.807) is 11.8 Å². The number of piperazine rings is 1. The molecule has 1 aromatic carbocycles. The van der Waals surface area contributed by atoms with Gasteiger partial charge in [-0.25, -0.2) is 13.4 Å². The standard InChI is InChI=1S/C22H22F3N5O3S/c1-2-3-18-15-29(34(32,33)19-8-9-20(27)28-14-19)12-13-30(18)17-6-4-16(5-7-17)21(31,10-11-26)22(23,24)25/h4-9,14,18,31H,10,12-13,15H2,1H3,(H2,27,28)/t18-,21-/m0/s1. The van der Waals surface area contributed by atoms with Crippen molar-refractivity contribution in [2.45, 2.75) is 36.1 Å². The topological polar surface area (TPSA) is 124 Å². The highest BCUT2D eigenvalue weighted by molar-refractivity contribution is 7.89. The maximum absolute atomic E-state index is 13.4. The molecule has 8 nitrogen and oxygen atoms in total. The summed E-state index contributed by atoms with van der Waals surface area (Å²) in [7, 11) is -3.85. The van der Waals surface area contributed by atoms with Crippen LogP contribution in [-0.4, -0.2) is 54.7 Å². The molecule has 0 radical (unpaired) electrons. The third-order valence-corrected chi connectivity index (χ3v) is 7.38. The second-order valence-corrected chi connectivity index (χ2v) is 9.56. The first-order chi connectivity index (χ1) is 15.9. The zero-order chi connectivity index (χ0) is 25.1. The van der Waals surface area contributed by atoms with Crippen molar-refractivity contribution < 1.29 is 26.7 Å². The second-order valence-electron chi connectivity index (χ2n) is 7.63. The van der Waals surface area contributed by atoms with Crippen LogP contribution < -0.4 is 10.6 Å². The Kier molecular flexibility index (Phi) is 7.07. The molecule has 1 aliphatic heterocycles. The largest absolute Gasteiger partial charge is 0.422 e. The van der Waals surface area contributed by atoms with Crippen molar-refractivity contribution in [3.63, 3.8) is 0 Å². The maximum atomic E-state index is 13.4. The van der Waals surface area contributed by atoms with E-state index in [0.717, 1.165) is 12.1 Å². The number of rotatable bonds is 5. The van der Waals surface area contributed by atoms with Crippen molar-refractivity contribution >= 4 is 21.5 Å². The van der Waals surface area contributed by atoms with Gasteiger partial charge < -0.3 is 15.7 Å². The Labute approximate surface area is 195 Å². The van der Waals surface area contributed by atoms with Crippen molar-refractivity contribution in [1.29, 1.82) is 5.26 Å². The quantitative estimate of drug-likeness (QED) is 0.612. The smallest absolute Gasteiger partial charge is 0.384 e. The molecule has 12 heteroatoms. The van der Waals surface area contributed by atoms with Gasteiger partial charge in [0.05, 0.1) is 12.5 Å². The Bertz CT molecular complexity index is 1230. The van der Waals surface area contributed by atoms with Gasteiger partial charge in [-0.15, -0.1) is 5.92 Å². The molecule has 2 heterocycles. The number of sulfonamides is 1. The highest BCUT2D eigenvalue weighted by Crippen LogP contribution is 2.42. The fraction of sp³-hybridized carbons (Fsp3) is 0.364. The molecule has 3 rings (SSSR count). The van der Waals surface area contributed by atoms with Crippen molar-refractivity contribution in [2.24, 2.45) is 0 Å². The highest BCUT2D eigenvalue weighted by Gasteiger charge is 2.55. The number of pyridine rings is 1. The average molecular weight is 494 g/mol. The van der Waals surface area contributed by atoms with Gasteiger partial charge in [-0.2, -0.15) is 22.7 Å². The molecule has 2 atom stereocenters. The normalized spacial score (nSPS) is 18.9. The number of benzene rings is 1. The molecule has 1 saturated heterocycles. The molecule has 1 aromatic heterocycles. The lowest BCUT2D eigenvalue weighted by Gasteiger charge is -2.40. The van der Waals surface area contributed by atoms with Gasteiger partial charge in [-0.3, -0.25) is 0 Å². The van der Waals surface area contributed by atoms with E-state index in [-0.39, 0.29) is 30.3 Å². The number of nitrogen functional groups attached to an aromatic ring is 1. The number of halogens is 3. The second kappa shape index (κ2) is 9.50. The Morgan fingerprint density at radius 3 is 2.41 bits per heavy atom. The zero-order valence-electron chi connectivity index (χ0n) is 18.1. The number of nitriles is 1. The molecule has 1 fully saturated rings. The Morgan fingerprint density at radius 2 is 1.88 bits per heavy atom. The average Bonchev–Trinajstić information content (AvgIpc) is 2.79. The van der Waals surface area contributed by atoms with Crippen LogP contribution in [0, 0.1) is 23.2 Å². The van der Waals surface area contributed by atoms with Crippen molar-refractivity contribution in [1.82, 2.24) is 9.29 Å². The van der Waals surface area contributed by atoms with E-state index in [1.165, 1.54) is 40.8 Å². The first-order valence-corrected chi connectivity index (χ1v) is 11.5. The van der Waals surface area contributed by atoms with Gasteiger partial charge >= 0.3 is 6.18 Å². The SMILES string of the molecule is CC#C[C@H]1CN(S(=O)(=O)c2ccc(N)nc2)CCN1c1ccc([C@@](O)(CC#N)C(F)(F)F)cc1. The van der Waals surface area contributed by atoms with Crippen molar-refractivity contribution in [3.8, 4) is 17.9 Å². The van der Waals surface area contributed by atoms with Gasteiger partial charge in [0.15, 0.2) is 5.60 Å². The molecule has 2 aromatic rings. The molecule has 0 saturated carbocycles. The molecule has 0 aliphatic carbocycles. The fourth-order valence-electron chi connectivity index (χ4n) is 3.68. The van der Waals surface area contributed by atoms with Crippen molar-refractivity contribution in [3.05, 3.63) is 48.2 Å². The number of aromatic nitrogens is 1. The molecule has 0 unspecified atom stereocenters. The van der Waals surface area contributed by atoms with Gasteiger partial charge in [-0.1, -0.05) is 18.1 Å². The van der Waals surface area contributed by atoms with E-state index in [4.69, 9.17) is 11.0 Å². The first kappa shape index (κ1) is 25.3. The van der Waals surface area contributed by atoms with Crippen LogP contribution in [0.3, 0.4) is 0 Å². The molecule has 180 valence electrons. The fourth-order valence-corrected chi connectivity index (χ4v) is 5.06. The van der Waals surface area contributed by atoms with Crippen LogP contribution in [0.4, 0.5) is 24.7 Å². The minimum absolute atomic E-state index is 0.00774. The Hall–Kier alpha value is -3.32. The summed E-state index contributed by atoms with van der Waals surface area (Å²) in [6.45, 7) is 1.96.